The first kappa shape index (κ1) is 18.7. The molecular weight excluding hydrogens is 366 g/mol. The van der Waals surface area contributed by atoms with Crippen LogP contribution in [0.15, 0.2) is 73.1 Å². The van der Waals surface area contributed by atoms with Gasteiger partial charge in [0.25, 0.3) is 0 Å². The summed E-state index contributed by atoms with van der Waals surface area (Å²) in [6, 6.07) is 19.8. The van der Waals surface area contributed by atoms with Gasteiger partial charge in [0.2, 0.25) is 0 Å². The first-order chi connectivity index (χ1) is 14.3. The van der Waals surface area contributed by atoms with Gasteiger partial charge in [0.15, 0.2) is 0 Å². The molecule has 0 saturated carbocycles. The van der Waals surface area contributed by atoms with Crippen LogP contribution in [0, 0.1) is 0 Å². The molecule has 0 aliphatic rings. The SMILES string of the molecule is COC(=O)CCCOc1ccc2nc(-c3cccnc3)n(-c3ccccc3)c2c1. The second-order valence-electron chi connectivity index (χ2n) is 6.53. The number of carbonyl (C=O) groups excluding carboxylic acids is 1. The first-order valence-corrected chi connectivity index (χ1v) is 9.44. The molecule has 0 unspecified atom stereocenters. The highest BCUT2D eigenvalue weighted by atomic mass is 16.5. The number of methoxy groups -OCH3 is 1. The quantitative estimate of drug-likeness (QED) is 0.347. The average Bonchev–Trinajstić information content (AvgIpc) is 3.16. The number of nitrogens with zero attached hydrogens (tertiary/aromatic N) is 3. The van der Waals surface area contributed by atoms with Crippen LogP contribution in [-0.4, -0.2) is 34.2 Å². The van der Waals surface area contributed by atoms with Crippen LogP contribution >= 0.6 is 0 Å². The molecule has 0 spiro atoms. The topological polar surface area (TPSA) is 66.2 Å². The number of aromatic nitrogens is 3. The van der Waals surface area contributed by atoms with E-state index in [4.69, 9.17) is 9.72 Å². The Morgan fingerprint density at radius 3 is 2.69 bits per heavy atom. The molecule has 0 amide bonds. The van der Waals surface area contributed by atoms with Crippen LogP contribution in [-0.2, 0) is 9.53 Å². The van der Waals surface area contributed by atoms with Crippen LogP contribution in [0.25, 0.3) is 28.1 Å². The van der Waals surface area contributed by atoms with E-state index in [2.05, 4.69) is 14.3 Å². The summed E-state index contributed by atoms with van der Waals surface area (Å²) in [5.41, 5.74) is 3.76. The number of rotatable bonds is 7. The van der Waals surface area contributed by atoms with Gasteiger partial charge in [-0.2, -0.15) is 0 Å². The molecule has 29 heavy (non-hydrogen) atoms. The van der Waals surface area contributed by atoms with E-state index in [-0.39, 0.29) is 5.97 Å². The number of imidazole rings is 1. The van der Waals surface area contributed by atoms with Crippen molar-refractivity contribution in [1.29, 1.82) is 0 Å². The minimum absolute atomic E-state index is 0.229. The van der Waals surface area contributed by atoms with E-state index in [1.54, 1.807) is 6.20 Å². The predicted octanol–water partition coefficient (Wildman–Crippen LogP) is 4.42. The van der Waals surface area contributed by atoms with Crippen molar-refractivity contribution in [2.24, 2.45) is 0 Å². The summed E-state index contributed by atoms with van der Waals surface area (Å²) in [6.07, 6.45) is 4.50. The predicted molar refractivity (Wildman–Crippen MR) is 111 cm³/mol. The smallest absolute Gasteiger partial charge is 0.305 e. The van der Waals surface area contributed by atoms with Gasteiger partial charge in [-0.25, -0.2) is 4.98 Å². The molecule has 0 fully saturated rings. The lowest BCUT2D eigenvalue weighted by Crippen LogP contribution is -2.04. The lowest BCUT2D eigenvalue weighted by molar-refractivity contribution is -0.140. The molecule has 2 aromatic heterocycles. The van der Waals surface area contributed by atoms with Crippen LogP contribution in [0.5, 0.6) is 5.75 Å². The molecule has 4 rings (SSSR count). The Balaban J connectivity index is 1.71. The minimum Gasteiger partial charge on any atom is -0.494 e. The van der Waals surface area contributed by atoms with Crippen molar-refractivity contribution in [3.05, 3.63) is 73.1 Å². The van der Waals surface area contributed by atoms with Crippen LogP contribution in [0.3, 0.4) is 0 Å². The summed E-state index contributed by atoms with van der Waals surface area (Å²) in [6.45, 7) is 0.440. The molecule has 2 aromatic carbocycles. The molecule has 6 heteroatoms. The van der Waals surface area contributed by atoms with Crippen LogP contribution < -0.4 is 4.74 Å². The van der Waals surface area contributed by atoms with Crippen molar-refractivity contribution < 1.29 is 14.3 Å². The molecule has 6 nitrogen and oxygen atoms in total. The lowest BCUT2D eigenvalue weighted by atomic mass is 10.2. The number of ether oxygens (including phenoxy) is 2. The Morgan fingerprint density at radius 2 is 1.93 bits per heavy atom. The summed E-state index contributed by atoms with van der Waals surface area (Å²) < 4.78 is 12.6. The van der Waals surface area contributed by atoms with E-state index >= 15 is 0 Å². The van der Waals surface area contributed by atoms with Gasteiger partial charge in [0, 0.05) is 36.1 Å². The van der Waals surface area contributed by atoms with Crippen LogP contribution in [0.2, 0.25) is 0 Å². The number of carbonyl (C=O) groups is 1. The number of pyridine rings is 1. The van der Waals surface area contributed by atoms with E-state index in [1.165, 1.54) is 7.11 Å². The molecule has 2 heterocycles. The molecule has 0 aliphatic carbocycles. The Hall–Kier alpha value is -3.67. The third-order valence-electron chi connectivity index (χ3n) is 4.58. The maximum atomic E-state index is 11.2. The fourth-order valence-electron chi connectivity index (χ4n) is 3.18. The molecule has 146 valence electrons. The number of fused-ring (bicyclic) bond motifs is 1. The maximum Gasteiger partial charge on any atom is 0.305 e. The van der Waals surface area contributed by atoms with Gasteiger partial charge < -0.3 is 9.47 Å². The molecule has 0 N–H and O–H groups in total. The summed E-state index contributed by atoms with van der Waals surface area (Å²) in [5.74, 6) is 1.33. The van der Waals surface area contributed by atoms with Crippen molar-refractivity contribution in [2.45, 2.75) is 12.8 Å². The third kappa shape index (κ3) is 4.11. The second-order valence-corrected chi connectivity index (χ2v) is 6.53. The van der Waals surface area contributed by atoms with Crippen LogP contribution in [0.1, 0.15) is 12.8 Å². The van der Waals surface area contributed by atoms with Gasteiger partial charge in [0.05, 0.1) is 24.8 Å². The van der Waals surface area contributed by atoms with E-state index < -0.39 is 0 Å². The fourth-order valence-corrected chi connectivity index (χ4v) is 3.18. The number of esters is 1. The van der Waals surface area contributed by atoms with Gasteiger partial charge >= 0.3 is 5.97 Å². The fraction of sp³-hybridized carbons (Fsp3) is 0.174. The van der Waals surface area contributed by atoms with Crippen molar-refractivity contribution in [3.63, 3.8) is 0 Å². The van der Waals surface area contributed by atoms with Gasteiger partial charge in [-0.1, -0.05) is 18.2 Å². The van der Waals surface area contributed by atoms with E-state index in [1.807, 2.05) is 66.9 Å². The third-order valence-corrected chi connectivity index (χ3v) is 4.58. The molecular formula is C23H21N3O3. The molecule has 0 atom stereocenters. The van der Waals surface area contributed by atoms with Crippen molar-refractivity contribution in [1.82, 2.24) is 14.5 Å². The highest BCUT2D eigenvalue weighted by molar-refractivity contribution is 5.84. The Kier molecular flexibility index (Phi) is 5.52. The maximum absolute atomic E-state index is 11.2. The molecule has 0 aliphatic heterocycles. The van der Waals surface area contributed by atoms with E-state index in [9.17, 15) is 4.79 Å². The van der Waals surface area contributed by atoms with E-state index in [0.29, 0.717) is 19.4 Å². The Labute approximate surface area is 168 Å². The standard InChI is InChI=1S/C23H21N3O3/c1-28-22(27)10-6-14-29-19-11-12-20-21(15-19)26(18-8-3-2-4-9-18)23(25-20)17-7-5-13-24-16-17/h2-5,7-9,11-13,15-16H,6,10,14H2,1H3. The number of hydrogen-bond donors (Lipinski definition) is 0. The highest BCUT2D eigenvalue weighted by Gasteiger charge is 2.15. The van der Waals surface area contributed by atoms with Crippen LogP contribution in [0.4, 0.5) is 0 Å². The normalized spacial score (nSPS) is 10.8. The Morgan fingerprint density at radius 1 is 1.07 bits per heavy atom. The average molecular weight is 387 g/mol. The Bertz CT molecular complexity index is 1110. The largest absolute Gasteiger partial charge is 0.494 e. The van der Waals surface area contributed by atoms with Crippen molar-refractivity contribution in [3.8, 4) is 22.8 Å². The lowest BCUT2D eigenvalue weighted by Gasteiger charge is -2.10. The van der Waals surface area contributed by atoms with Crippen molar-refractivity contribution >= 4 is 17.0 Å². The number of benzene rings is 2. The first-order valence-electron chi connectivity index (χ1n) is 9.44. The monoisotopic (exact) mass is 387 g/mol. The minimum atomic E-state index is -0.229. The molecule has 4 aromatic rings. The van der Waals surface area contributed by atoms with Gasteiger partial charge in [0.1, 0.15) is 11.6 Å². The summed E-state index contributed by atoms with van der Waals surface area (Å²) >= 11 is 0. The number of para-hydroxylation sites is 1. The zero-order chi connectivity index (χ0) is 20.1. The zero-order valence-electron chi connectivity index (χ0n) is 16.1. The molecule has 0 radical (unpaired) electrons. The second kappa shape index (κ2) is 8.56. The summed E-state index contributed by atoms with van der Waals surface area (Å²) in [5, 5.41) is 0. The van der Waals surface area contributed by atoms with E-state index in [0.717, 1.165) is 33.9 Å². The number of hydrogen-bond acceptors (Lipinski definition) is 5. The molecule has 0 bridgehead atoms. The zero-order valence-corrected chi connectivity index (χ0v) is 16.1. The summed E-state index contributed by atoms with van der Waals surface area (Å²) in [7, 11) is 1.39. The van der Waals surface area contributed by atoms with Crippen molar-refractivity contribution in [2.75, 3.05) is 13.7 Å². The molecule has 0 saturated heterocycles. The summed E-state index contributed by atoms with van der Waals surface area (Å²) in [4.78, 5) is 20.3. The van der Waals surface area contributed by atoms with Gasteiger partial charge in [-0.05, 0) is 42.8 Å². The van der Waals surface area contributed by atoms with Gasteiger partial charge in [-0.3, -0.25) is 14.3 Å². The highest BCUT2D eigenvalue weighted by Crippen LogP contribution is 2.30. The van der Waals surface area contributed by atoms with Gasteiger partial charge in [-0.15, -0.1) is 0 Å².